The number of likely N-dealkylation sites (tertiary alicyclic amines) is 1. The molecule has 7 heteroatoms. The van der Waals surface area contributed by atoms with Crippen LogP contribution in [-0.2, 0) is 11.4 Å². The number of nitrogens with one attached hydrogen (secondary N) is 2. The molecule has 3 rings (SSSR count). The molecule has 0 saturated carbocycles. The lowest BCUT2D eigenvalue weighted by Gasteiger charge is -2.21. The Morgan fingerprint density at radius 2 is 2.12 bits per heavy atom. The monoisotopic (exact) mass is 373 g/mol. The fourth-order valence-corrected chi connectivity index (χ4v) is 3.46. The van der Waals surface area contributed by atoms with Crippen molar-refractivity contribution < 1.29 is 14.3 Å². The van der Waals surface area contributed by atoms with Gasteiger partial charge in [0, 0.05) is 36.1 Å². The van der Waals surface area contributed by atoms with Crippen LogP contribution in [-0.4, -0.2) is 36.0 Å². The molecular weight excluding hydrogens is 350 g/mol. The smallest absolute Gasteiger partial charge is 0.319 e. The van der Waals surface area contributed by atoms with Crippen LogP contribution in [0.15, 0.2) is 41.8 Å². The van der Waals surface area contributed by atoms with Gasteiger partial charge in [-0.2, -0.15) is 0 Å². The van der Waals surface area contributed by atoms with E-state index in [-0.39, 0.29) is 18.0 Å². The van der Waals surface area contributed by atoms with E-state index in [1.165, 1.54) is 0 Å². The van der Waals surface area contributed by atoms with Gasteiger partial charge in [0.15, 0.2) is 0 Å². The van der Waals surface area contributed by atoms with E-state index in [0.717, 1.165) is 23.6 Å². The highest BCUT2D eigenvalue weighted by molar-refractivity contribution is 7.09. The number of thiophene rings is 1. The van der Waals surface area contributed by atoms with Crippen LogP contribution in [0.5, 0.6) is 5.75 Å². The normalized spacial score (nSPS) is 15.0. The SMILES string of the molecule is C[C@H](CN1CCCC1=O)NC(=O)Nc1ccc(OCc2cccs2)cc1. The summed E-state index contributed by atoms with van der Waals surface area (Å²) in [6.45, 7) is 3.76. The Labute approximate surface area is 157 Å². The molecular formula is C19H23N3O3S. The first-order valence-corrected chi connectivity index (χ1v) is 9.58. The quantitative estimate of drug-likeness (QED) is 0.781. The highest BCUT2D eigenvalue weighted by Gasteiger charge is 2.22. The molecule has 1 aliphatic heterocycles. The molecule has 0 bridgehead atoms. The maximum absolute atomic E-state index is 12.1. The average molecular weight is 373 g/mol. The molecule has 0 spiro atoms. The van der Waals surface area contributed by atoms with E-state index < -0.39 is 0 Å². The summed E-state index contributed by atoms with van der Waals surface area (Å²) in [7, 11) is 0. The van der Waals surface area contributed by atoms with Gasteiger partial charge < -0.3 is 20.3 Å². The van der Waals surface area contributed by atoms with Gasteiger partial charge in [-0.15, -0.1) is 11.3 Å². The molecule has 1 aromatic carbocycles. The highest BCUT2D eigenvalue weighted by Crippen LogP contribution is 2.18. The molecule has 6 nitrogen and oxygen atoms in total. The zero-order chi connectivity index (χ0) is 18.4. The number of nitrogens with zero attached hydrogens (tertiary/aromatic N) is 1. The van der Waals surface area contributed by atoms with Gasteiger partial charge in [0.05, 0.1) is 0 Å². The van der Waals surface area contributed by atoms with Gasteiger partial charge in [-0.3, -0.25) is 4.79 Å². The average Bonchev–Trinajstić information content (AvgIpc) is 3.26. The zero-order valence-electron chi connectivity index (χ0n) is 14.7. The van der Waals surface area contributed by atoms with Gasteiger partial charge in [-0.05, 0) is 49.1 Å². The minimum absolute atomic E-state index is 0.106. The second kappa shape index (κ2) is 8.71. The summed E-state index contributed by atoms with van der Waals surface area (Å²) in [5.41, 5.74) is 0.690. The highest BCUT2D eigenvalue weighted by atomic mass is 32.1. The molecule has 26 heavy (non-hydrogen) atoms. The molecule has 0 radical (unpaired) electrons. The van der Waals surface area contributed by atoms with E-state index in [4.69, 9.17) is 4.74 Å². The molecule has 2 N–H and O–H groups in total. The van der Waals surface area contributed by atoms with Crippen LogP contribution in [0.2, 0.25) is 0 Å². The number of urea groups is 1. The van der Waals surface area contributed by atoms with Crippen molar-refractivity contribution in [2.24, 2.45) is 0 Å². The molecule has 1 aliphatic rings. The summed E-state index contributed by atoms with van der Waals surface area (Å²) in [5.74, 6) is 0.919. The third-order valence-corrected chi connectivity index (χ3v) is 4.97. The summed E-state index contributed by atoms with van der Waals surface area (Å²) >= 11 is 1.66. The first-order valence-electron chi connectivity index (χ1n) is 8.71. The maximum Gasteiger partial charge on any atom is 0.319 e. The van der Waals surface area contributed by atoms with Gasteiger partial charge in [-0.25, -0.2) is 4.79 Å². The number of carbonyl (C=O) groups is 2. The van der Waals surface area contributed by atoms with Crippen LogP contribution in [0, 0.1) is 0 Å². The van der Waals surface area contributed by atoms with Gasteiger partial charge in [-0.1, -0.05) is 6.07 Å². The molecule has 1 atom stereocenters. The van der Waals surface area contributed by atoms with Crippen molar-refractivity contribution in [3.05, 3.63) is 46.7 Å². The van der Waals surface area contributed by atoms with E-state index >= 15 is 0 Å². The number of amides is 3. The third kappa shape index (κ3) is 5.23. The predicted molar refractivity (Wildman–Crippen MR) is 103 cm³/mol. The first kappa shape index (κ1) is 18.3. The molecule has 1 fully saturated rings. The second-order valence-electron chi connectivity index (χ2n) is 6.34. The molecule has 1 aromatic heterocycles. The fourth-order valence-electron chi connectivity index (χ4n) is 2.85. The Balaban J connectivity index is 1.42. The number of benzene rings is 1. The third-order valence-electron chi connectivity index (χ3n) is 4.12. The molecule has 138 valence electrons. The Morgan fingerprint density at radius 1 is 1.31 bits per heavy atom. The van der Waals surface area contributed by atoms with Gasteiger partial charge in [0.1, 0.15) is 12.4 Å². The van der Waals surface area contributed by atoms with E-state index in [1.54, 1.807) is 28.4 Å². The van der Waals surface area contributed by atoms with Crippen molar-refractivity contribution in [3.8, 4) is 5.75 Å². The molecule has 2 aromatic rings. The van der Waals surface area contributed by atoms with Gasteiger partial charge >= 0.3 is 6.03 Å². The van der Waals surface area contributed by atoms with E-state index in [2.05, 4.69) is 10.6 Å². The molecule has 0 unspecified atom stereocenters. The van der Waals surface area contributed by atoms with Crippen molar-refractivity contribution in [3.63, 3.8) is 0 Å². The number of anilines is 1. The summed E-state index contributed by atoms with van der Waals surface area (Å²) in [4.78, 5) is 26.7. The summed E-state index contributed by atoms with van der Waals surface area (Å²) in [5, 5.41) is 7.68. The molecule has 1 saturated heterocycles. The van der Waals surface area contributed by atoms with E-state index in [0.29, 0.717) is 25.3 Å². The number of hydrogen-bond acceptors (Lipinski definition) is 4. The van der Waals surface area contributed by atoms with Gasteiger partial charge in [0.25, 0.3) is 0 Å². The van der Waals surface area contributed by atoms with E-state index in [9.17, 15) is 9.59 Å². The van der Waals surface area contributed by atoms with Crippen LogP contribution < -0.4 is 15.4 Å². The van der Waals surface area contributed by atoms with Crippen LogP contribution in [0.4, 0.5) is 10.5 Å². The fraction of sp³-hybridized carbons (Fsp3) is 0.368. The lowest BCUT2D eigenvalue weighted by Crippen LogP contribution is -2.44. The largest absolute Gasteiger partial charge is 0.488 e. The Hall–Kier alpha value is -2.54. The standard InChI is InChI=1S/C19H23N3O3S/c1-14(12-22-10-2-5-18(22)23)20-19(24)21-15-6-8-16(9-7-15)25-13-17-4-3-11-26-17/h3-4,6-9,11,14H,2,5,10,12-13H2,1H3,(H2,20,21,24)/t14-/m1/s1. The Kier molecular flexibility index (Phi) is 6.12. The minimum Gasteiger partial charge on any atom is -0.488 e. The first-order chi connectivity index (χ1) is 12.6. The number of hydrogen-bond donors (Lipinski definition) is 2. The predicted octanol–water partition coefficient (Wildman–Crippen LogP) is 3.46. The van der Waals surface area contributed by atoms with Crippen LogP contribution in [0.1, 0.15) is 24.6 Å². The van der Waals surface area contributed by atoms with Crippen molar-refractivity contribution in [2.45, 2.75) is 32.4 Å². The molecule has 3 amide bonds. The molecule has 0 aliphatic carbocycles. The number of rotatable bonds is 7. The summed E-state index contributed by atoms with van der Waals surface area (Å²) in [6, 6.07) is 10.9. The summed E-state index contributed by atoms with van der Waals surface area (Å²) < 4.78 is 5.70. The second-order valence-corrected chi connectivity index (χ2v) is 7.37. The van der Waals surface area contributed by atoms with Gasteiger partial charge in [0.2, 0.25) is 5.91 Å². The van der Waals surface area contributed by atoms with Crippen molar-refractivity contribution in [1.82, 2.24) is 10.2 Å². The Bertz CT molecular complexity index is 731. The van der Waals surface area contributed by atoms with E-state index in [1.807, 2.05) is 36.6 Å². The lowest BCUT2D eigenvalue weighted by atomic mass is 10.3. The van der Waals surface area contributed by atoms with Crippen molar-refractivity contribution >= 4 is 29.0 Å². The lowest BCUT2D eigenvalue weighted by molar-refractivity contribution is -0.127. The minimum atomic E-state index is -0.281. The van der Waals surface area contributed by atoms with Crippen LogP contribution >= 0.6 is 11.3 Å². The van der Waals surface area contributed by atoms with Crippen molar-refractivity contribution in [2.75, 3.05) is 18.4 Å². The number of carbonyl (C=O) groups excluding carboxylic acids is 2. The zero-order valence-corrected chi connectivity index (χ0v) is 15.6. The van der Waals surface area contributed by atoms with Crippen molar-refractivity contribution in [1.29, 1.82) is 0 Å². The maximum atomic E-state index is 12.1. The topological polar surface area (TPSA) is 70.7 Å². The summed E-state index contributed by atoms with van der Waals surface area (Å²) in [6.07, 6.45) is 1.51. The molecule has 2 heterocycles. The van der Waals surface area contributed by atoms with Crippen LogP contribution in [0.25, 0.3) is 0 Å². The van der Waals surface area contributed by atoms with Crippen LogP contribution in [0.3, 0.4) is 0 Å². The Morgan fingerprint density at radius 3 is 2.77 bits per heavy atom. The number of ether oxygens (including phenoxy) is 1.